The predicted molar refractivity (Wildman–Crippen MR) is 68.9 cm³/mol. The Balaban J connectivity index is 1.97. The van der Waals surface area contributed by atoms with Crippen LogP contribution in [0.5, 0.6) is 0 Å². The van der Waals surface area contributed by atoms with Crippen LogP contribution in [0.4, 0.5) is 4.79 Å². The number of rotatable bonds is 1. The molecular weight excluding hydrogens is 248 g/mol. The summed E-state index contributed by atoms with van der Waals surface area (Å²) in [7, 11) is 0. The van der Waals surface area contributed by atoms with Crippen molar-refractivity contribution >= 4 is 12.0 Å². The number of carbonyl (C=O) groups is 2. The van der Waals surface area contributed by atoms with Crippen molar-refractivity contribution in [1.82, 2.24) is 9.80 Å². The summed E-state index contributed by atoms with van der Waals surface area (Å²) in [6.45, 7) is 6.57. The normalized spacial score (nSPS) is 27.2. The third-order valence-corrected chi connectivity index (χ3v) is 3.74. The van der Waals surface area contributed by atoms with E-state index in [9.17, 15) is 9.59 Å². The highest BCUT2D eigenvalue weighted by atomic mass is 16.5. The molecule has 0 aliphatic carbocycles. The van der Waals surface area contributed by atoms with Crippen molar-refractivity contribution in [2.24, 2.45) is 5.92 Å². The summed E-state index contributed by atoms with van der Waals surface area (Å²) in [5, 5.41) is 9.06. The van der Waals surface area contributed by atoms with E-state index < -0.39 is 11.9 Å². The van der Waals surface area contributed by atoms with E-state index in [1.165, 1.54) is 0 Å². The van der Waals surface area contributed by atoms with Gasteiger partial charge < -0.3 is 19.6 Å². The van der Waals surface area contributed by atoms with Gasteiger partial charge in [-0.3, -0.25) is 4.79 Å². The highest BCUT2D eigenvalue weighted by molar-refractivity contribution is 5.77. The van der Waals surface area contributed by atoms with Gasteiger partial charge in [-0.05, 0) is 26.7 Å². The predicted octanol–water partition coefficient (Wildman–Crippen LogP) is 1.01. The molecule has 0 aromatic heterocycles. The Morgan fingerprint density at radius 2 is 2.00 bits per heavy atom. The fourth-order valence-electron chi connectivity index (χ4n) is 2.73. The summed E-state index contributed by atoms with van der Waals surface area (Å²) >= 11 is 0. The summed E-state index contributed by atoms with van der Waals surface area (Å²) < 4.78 is 5.59. The second-order valence-electron chi connectivity index (χ2n) is 5.94. The molecule has 0 aromatic carbocycles. The molecule has 2 heterocycles. The average molecular weight is 270 g/mol. The topological polar surface area (TPSA) is 70.1 Å². The number of carboxylic acids is 1. The Labute approximate surface area is 113 Å². The maximum absolute atomic E-state index is 12.4. The molecule has 0 aromatic rings. The minimum atomic E-state index is -0.806. The van der Waals surface area contributed by atoms with E-state index in [4.69, 9.17) is 9.84 Å². The summed E-state index contributed by atoms with van der Waals surface area (Å²) in [6.07, 6.45) is 1.42. The molecule has 2 amide bonds. The van der Waals surface area contributed by atoms with E-state index in [1.54, 1.807) is 9.80 Å². The van der Waals surface area contributed by atoms with Crippen LogP contribution in [0.25, 0.3) is 0 Å². The van der Waals surface area contributed by atoms with Gasteiger partial charge in [0.15, 0.2) is 0 Å². The zero-order chi connectivity index (χ0) is 14.0. The molecular formula is C13H22N2O4. The number of hydrogen-bond donors (Lipinski definition) is 1. The van der Waals surface area contributed by atoms with E-state index in [-0.39, 0.29) is 11.6 Å². The lowest BCUT2D eigenvalue weighted by Gasteiger charge is -2.41. The number of carboxylic acid groups (broad SMARTS) is 1. The maximum Gasteiger partial charge on any atom is 0.320 e. The Hall–Kier alpha value is -1.30. The second-order valence-corrected chi connectivity index (χ2v) is 5.94. The zero-order valence-corrected chi connectivity index (χ0v) is 11.6. The molecule has 1 N–H and O–H groups in total. The molecule has 2 rings (SSSR count). The van der Waals surface area contributed by atoms with Gasteiger partial charge >= 0.3 is 12.0 Å². The van der Waals surface area contributed by atoms with Crippen LogP contribution in [0, 0.1) is 5.92 Å². The molecule has 19 heavy (non-hydrogen) atoms. The molecule has 108 valence electrons. The van der Waals surface area contributed by atoms with Gasteiger partial charge in [0.05, 0.1) is 24.7 Å². The first-order chi connectivity index (χ1) is 8.89. The van der Waals surface area contributed by atoms with Gasteiger partial charge in [0.1, 0.15) is 0 Å². The lowest BCUT2D eigenvalue weighted by molar-refractivity contribution is -0.143. The van der Waals surface area contributed by atoms with E-state index in [1.807, 2.05) is 13.8 Å². The van der Waals surface area contributed by atoms with Crippen molar-refractivity contribution in [2.45, 2.75) is 32.3 Å². The Morgan fingerprint density at radius 3 is 2.63 bits per heavy atom. The number of ether oxygens (including phenoxy) is 1. The summed E-state index contributed by atoms with van der Waals surface area (Å²) in [5.41, 5.74) is -0.324. The first-order valence-electron chi connectivity index (χ1n) is 6.80. The smallest absolute Gasteiger partial charge is 0.320 e. The van der Waals surface area contributed by atoms with E-state index >= 15 is 0 Å². The minimum absolute atomic E-state index is 0.0534. The lowest BCUT2D eigenvalue weighted by atomic mass is 9.98. The van der Waals surface area contributed by atoms with Crippen LogP contribution in [-0.2, 0) is 9.53 Å². The summed E-state index contributed by atoms with van der Waals surface area (Å²) in [6, 6.07) is -0.0534. The van der Waals surface area contributed by atoms with Gasteiger partial charge in [0.25, 0.3) is 0 Å². The number of nitrogens with zero attached hydrogens (tertiary/aromatic N) is 2. The maximum atomic E-state index is 12.4. The van der Waals surface area contributed by atoms with Crippen LogP contribution in [0.3, 0.4) is 0 Å². The molecule has 2 aliphatic rings. The van der Waals surface area contributed by atoms with Crippen molar-refractivity contribution in [3.05, 3.63) is 0 Å². The van der Waals surface area contributed by atoms with Crippen LogP contribution >= 0.6 is 0 Å². The molecule has 2 aliphatic heterocycles. The number of hydrogen-bond acceptors (Lipinski definition) is 3. The molecule has 2 saturated heterocycles. The van der Waals surface area contributed by atoms with Gasteiger partial charge in [-0.25, -0.2) is 4.79 Å². The van der Waals surface area contributed by atoms with E-state index in [0.717, 1.165) is 6.42 Å². The van der Waals surface area contributed by atoms with Crippen LogP contribution in [0.2, 0.25) is 0 Å². The van der Waals surface area contributed by atoms with Crippen LogP contribution in [0.1, 0.15) is 26.7 Å². The van der Waals surface area contributed by atoms with Crippen LogP contribution < -0.4 is 0 Å². The number of morpholine rings is 1. The summed E-state index contributed by atoms with van der Waals surface area (Å²) in [4.78, 5) is 26.9. The molecule has 6 nitrogen and oxygen atoms in total. The monoisotopic (exact) mass is 270 g/mol. The van der Waals surface area contributed by atoms with Crippen molar-refractivity contribution in [1.29, 1.82) is 0 Å². The molecule has 6 heteroatoms. The molecule has 0 saturated carbocycles. The SMILES string of the molecule is CC1(C)CN(C(=O)N2CCC[C@H](C(=O)O)C2)CCO1. The largest absolute Gasteiger partial charge is 0.481 e. The molecule has 1 atom stereocenters. The number of piperidine rings is 1. The first-order valence-corrected chi connectivity index (χ1v) is 6.80. The van der Waals surface area contributed by atoms with Gasteiger partial charge in [-0.15, -0.1) is 0 Å². The molecule has 2 fully saturated rings. The summed E-state index contributed by atoms with van der Waals surface area (Å²) in [5.74, 6) is -1.23. The zero-order valence-electron chi connectivity index (χ0n) is 11.6. The van der Waals surface area contributed by atoms with Gasteiger partial charge in [0.2, 0.25) is 0 Å². The Bertz CT molecular complexity index is 370. The van der Waals surface area contributed by atoms with Crippen LogP contribution in [-0.4, -0.2) is 65.3 Å². The number of urea groups is 1. The quantitative estimate of drug-likeness (QED) is 0.772. The van der Waals surface area contributed by atoms with E-state index in [2.05, 4.69) is 0 Å². The lowest BCUT2D eigenvalue weighted by Crippen LogP contribution is -2.56. The Kier molecular flexibility index (Phi) is 3.99. The molecule has 0 spiro atoms. The number of carbonyl (C=O) groups excluding carboxylic acids is 1. The van der Waals surface area contributed by atoms with Gasteiger partial charge in [0, 0.05) is 19.6 Å². The van der Waals surface area contributed by atoms with Crippen molar-refractivity contribution in [2.75, 3.05) is 32.8 Å². The highest BCUT2D eigenvalue weighted by Crippen LogP contribution is 2.21. The van der Waals surface area contributed by atoms with Crippen molar-refractivity contribution < 1.29 is 19.4 Å². The van der Waals surface area contributed by atoms with Gasteiger partial charge in [-0.2, -0.15) is 0 Å². The fraction of sp³-hybridized carbons (Fsp3) is 0.846. The number of amides is 2. The van der Waals surface area contributed by atoms with Crippen LogP contribution in [0.15, 0.2) is 0 Å². The number of likely N-dealkylation sites (tertiary alicyclic amines) is 1. The molecule has 0 radical (unpaired) electrons. The third kappa shape index (κ3) is 3.37. The average Bonchev–Trinajstić information content (AvgIpc) is 2.37. The first kappa shape index (κ1) is 14.1. The molecule has 0 bridgehead atoms. The van der Waals surface area contributed by atoms with Crippen molar-refractivity contribution in [3.63, 3.8) is 0 Å². The van der Waals surface area contributed by atoms with Crippen molar-refractivity contribution in [3.8, 4) is 0 Å². The fourth-order valence-corrected chi connectivity index (χ4v) is 2.73. The number of aliphatic carboxylic acids is 1. The minimum Gasteiger partial charge on any atom is -0.481 e. The third-order valence-electron chi connectivity index (χ3n) is 3.74. The van der Waals surface area contributed by atoms with Gasteiger partial charge in [-0.1, -0.05) is 0 Å². The standard InChI is InChI=1S/C13H22N2O4/c1-13(2)9-15(6-7-19-13)12(18)14-5-3-4-10(8-14)11(16)17/h10H,3-9H2,1-2H3,(H,16,17)/t10-/m0/s1. The second kappa shape index (κ2) is 5.36. The van der Waals surface area contributed by atoms with E-state index in [0.29, 0.717) is 39.2 Å². The molecule has 0 unspecified atom stereocenters. The highest BCUT2D eigenvalue weighted by Gasteiger charge is 2.35. The Morgan fingerprint density at radius 1 is 1.26 bits per heavy atom.